The van der Waals surface area contributed by atoms with Gasteiger partial charge in [-0.25, -0.2) is 0 Å². The number of aromatic hydroxyl groups is 2. The first-order chi connectivity index (χ1) is 11.6. The van der Waals surface area contributed by atoms with Crippen LogP contribution >= 0.6 is 0 Å². The number of allylic oxidation sites excluding steroid dienone is 1. The average Bonchev–Trinajstić information content (AvgIpc) is 2.59. The molecule has 2 atom stereocenters. The van der Waals surface area contributed by atoms with E-state index in [4.69, 9.17) is 9.47 Å². The van der Waals surface area contributed by atoms with E-state index in [-0.39, 0.29) is 23.5 Å². The summed E-state index contributed by atoms with van der Waals surface area (Å²) in [5, 5.41) is 18.8. The van der Waals surface area contributed by atoms with Crippen LogP contribution in [0.2, 0.25) is 0 Å². The Hall–Kier alpha value is -2.30. The quantitative estimate of drug-likeness (QED) is 0.764. The lowest BCUT2D eigenvalue weighted by Crippen LogP contribution is -2.19. The molecule has 24 heavy (non-hydrogen) atoms. The minimum Gasteiger partial charge on any atom is -0.508 e. The van der Waals surface area contributed by atoms with Gasteiger partial charge < -0.3 is 19.7 Å². The van der Waals surface area contributed by atoms with E-state index in [9.17, 15) is 10.2 Å². The minimum absolute atomic E-state index is 0.116. The maximum atomic E-state index is 9.45. The van der Waals surface area contributed by atoms with Gasteiger partial charge in [0.15, 0.2) is 0 Å². The van der Waals surface area contributed by atoms with Crippen molar-refractivity contribution < 1.29 is 19.7 Å². The molecule has 2 N–H and O–H groups in total. The number of hydrogen-bond donors (Lipinski definition) is 2. The number of ether oxygens (including phenoxy) is 2. The summed E-state index contributed by atoms with van der Waals surface area (Å²) in [5.41, 5.74) is 2.04. The van der Waals surface area contributed by atoms with Crippen LogP contribution in [0, 0.1) is 5.92 Å². The summed E-state index contributed by atoms with van der Waals surface area (Å²) in [6.07, 6.45) is 4.78. The molecule has 0 bridgehead atoms. The van der Waals surface area contributed by atoms with Crippen LogP contribution in [0.3, 0.4) is 0 Å². The van der Waals surface area contributed by atoms with E-state index in [0.29, 0.717) is 6.61 Å². The predicted octanol–water partition coefficient (Wildman–Crippen LogP) is 4.15. The lowest BCUT2D eigenvalue weighted by atomic mass is 9.92. The van der Waals surface area contributed by atoms with Crippen LogP contribution in [0.15, 0.2) is 54.6 Å². The van der Waals surface area contributed by atoms with Crippen molar-refractivity contribution in [1.82, 2.24) is 0 Å². The third-order valence-electron chi connectivity index (χ3n) is 3.93. The van der Waals surface area contributed by atoms with Gasteiger partial charge in [0.25, 0.3) is 0 Å². The summed E-state index contributed by atoms with van der Waals surface area (Å²) in [4.78, 5) is 0. The summed E-state index contributed by atoms with van der Waals surface area (Å²) in [6.45, 7) is 0.569. The van der Waals surface area contributed by atoms with E-state index in [1.807, 2.05) is 30.3 Å². The van der Waals surface area contributed by atoms with Gasteiger partial charge in [0, 0.05) is 20.1 Å². The second-order valence-corrected chi connectivity index (χ2v) is 5.69. The fraction of sp³-hybridized carbons (Fsp3) is 0.300. The number of rotatable bonds is 8. The van der Waals surface area contributed by atoms with Crippen LogP contribution in [0.25, 0.3) is 6.08 Å². The smallest absolute Gasteiger partial charge is 0.115 e. The Morgan fingerprint density at radius 1 is 0.917 bits per heavy atom. The van der Waals surface area contributed by atoms with E-state index in [1.165, 1.54) is 0 Å². The van der Waals surface area contributed by atoms with Gasteiger partial charge in [-0.2, -0.15) is 0 Å². The van der Waals surface area contributed by atoms with Crippen molar-refractivity contribution in [3.05, 3.63) is 65.7 Å². The van der Waals surface area contributed by atoms with E-state index >= 15 is 0 Å². The number of hydrogen-bond acceptors (Lipinski definition) is 4. The highest BCUT2D eigenvalue weighted by atomic mass is 16.5. The van der Waals surface area contributed by atoms with Crippen molar-refractivity contribution in [3.8, 4) is 11.5 Å². The minimum atomic E-state index is -0.116. The van der Waals surface area contributed by atoms with E-state index in [0.717, 1.165) is 17.5 Å². The summed E-state index contributed by atoms with van der Waals surface area (Å²) in [7, 11) is 3.37. The molecule has 0 aliphatic rings. The lowest BCUT2D eigenvalue weighted by molar-refractivity contribution is 0.0142. The molecule has 2 aromatic carbocycles. The van der Waals surface area contributed by atoms with Gasteiger partial charge in [-0.1, -0.05) is 36.4 Å². The highest BCUT2D eigenvalue weighted by Crippen LogP contribution is 2.30. The molecule has 0 aromatic heterocycles. The second-order valence-electron chi connectivity index (χ2n) is 5.69. The van der Waals surface area contributed by atoms with Gasteiger partial charge in [0.05, 0.1) is 12.7 Å². The largest absolute Gasteiger partial charge is 0.508 e. The zero-order valence-electron chi connectivity index (χ0n) is 14.1. The topological polar surface area (TPSA) is 58.9 Å². The Morgan fingerprint density at radius 2 is 1.50 bits per heavy atom. The molecule has 0 aliphatic heterocycles. The third kappa shape index (κ3) is 5.11. The summed E-state index contributed by atoms with van der Waals surface area (Å²) < 4.78 is 11.0. The summed E-state index contributed by atoms with van der Waals surface area (Å²) in [5.74, 6) is 0.651. The third-order valence-corrected chi connectivity index (χ3v) is 3.93. The molecule has 4 nitrogen and oxygen atoms in total. The molecule has 2 rings (SSSR count). The van der Waals surface area contributed by atoms with Gasteiger partial charge in [0.1, 0.15) is 11.5 Å². The molecular weight excluding hydrogens is 304 g/mol. The SMILES string of the molecule is COC[C@H](CC=Cc1ccc(O)cc1)[C@H](OC)c1ccc(O)cc1. The first kappa shape index (κ1) is 18.0. The predicted molar refractivity (Wildman–Crippen MR) is 95.0 cm³/mol. The number of benzene rings is 2. The summed E-state index contributed by atoms with van der Waals surface area (Å²) >= 11 is 0. The maximum absolute atomic E-state index is 9.45. The van der Waals surface area contributed by atoms with Crippen LogP contribution < -0.4 is 0 Å². The molecular formula is C20H24O4. The van der Waals surface area contributed by atoms with E-state index < -0.39 is 0 Å². The fourth-order valence-electron chi connectivity index (χ4n) is 2.72. The van der Waals surface area contributed by atoms with Crippen LogP contribution in [-0.2, 0) is 9.47 Å². The van der Waals surface area contributed by atoms with Crippen LogP contribution in [0.4, 0.5) is 0 Å². The normalized spacial score (nSPS) is 13.9. The van der Waals surface area contributed by atoms with Gasteiger partial charge in [-0.15, -0.1) is 0 Å². The molecule has 128 valence electrons. The van der Waals surface area contributed by atoms with Crippen molar-refractivity contribution in [3.63, 3.8) is 0 Å². The van der Waals surface area contributed by atoms with Gasteiger partial charge in [-0.05, 0) is 41.8 Å². The van der Waals surface area contributed by atoms with E-state index in [1.54, 1.807) is 38.5 Å². The van der Waals surface area contributed by atoms with Crippen molar-refractivity contribution in [2.75, 3.05) is 20.8 Å². The molecule has 0 radical (unpaired) electrons. The molecule has 0 amide bonds. The Bertz CT molecular complexity index is 632. The molecule has 0 fully saturated rings. The van der Waals surface area contributed by atoms with Crippen LogP contribution in [0.1, 0.15) is 23.7 Å². The van der Waals surface area contributed by atoms with Gasteiger partial charge in [0.2, 0.25) is 0 Å². The van der Waals surface area contributed by atoms with Crippen molar-refractivity contribution in [1.29, 1.82) is 0 Å². The molecule has 0 spiro atoms. The molecule has 0 saturated heterocycles. The highest BCUT2D eigenvalue weighted by Gasteiger charge is 2.22. The number of phenolic OH excluding ortho intramolecular Hbond substituents is 2. The molecule has 4 heteroatoms. The lowest BCUT2D eigenvalue weighted by Gasteiger charge is -2.25. The van der Waals surface area contributed by atoms with Gasteiger partial charge >= 0.3 is 0 Å². The standard InChI is InChI=1S/C20H24O4/c1-23-14-17(5-3-4-15-6-10-18(21)11-7-15)20(24-2)16-8-12-19(22)13-9-16/h3-4,6-13,17,20-22H,5,14H2,1-2H3/t17-,20+/m0/s1. The zero-order valence-corrected chi connectivity index (χ0v) is 14.1. The maximum Gasteiger partial charge on any atom is 0.115 e. The number of phenols is 2. The van der Waals surface area contributed by atoms with Crippen molar-refractivity contribution in [2.45, 2.75) is 12.5 Å². The van der Waals surface area contributed by atoms with E-state index in [2.05, 4.69) is 6.08 Å². The Balaban J connectivity index is 2.08. The summed E-state index contributed by atoms with van der Waals surface area (Å²) in [6, 6.07) is 14.1. The fourth-order valence-corrected chi connectivity index (χ4v) is 2.72. The Kier molecular flexibility index (Phi) is 6.85. The molecule has 2 aromatic rings. The van der Waals surface area contributed by atoms with Crippen molar-refractivity contribution in [2.24, 2.45) is 5.92 Å². The monoisotopic (exact) mass is 328 g/mol. The highest BCUT2D eigenvalue weighted by molar-refractivity contribution is 5.50. The second kappa shape index (κ2) is 9.11. The Morgan fingerprint density at radius 3 is 2.04 bits per heavy atom. The molecule has 0 heterocycles. The molecule has 0 aliphatic carbocycles. The molecule has 0 saturated carbocycles. The van der Waals surface area contributed by atoms with Crippen molar-refractivity contribution >= 4 is 6.08 Å². The zero-order chi connectivity index (χ0) is 17.4. The average molecular weight is 328 g/mol. The molecule has 0 unspecified atom stereocenters. The van der Waals surface area contributed by atoms with Crippen LogP contribution in [0.5, 0.6) is 11.5 Å². The number of methoxy groups -OCH3 is 2. The van der Waals surface area contributed by atoms with Gasteiger partial charge in [-0.3, -0.25) is 0 Å². The Labute approximate surface area is 143 Å². The first-order valence-corrected chi connectivity index (χ1v) is 7.90. The van der Waals surface area contributed by atoms with Crippen LogP contribution in [-0.4, -0.2) is 31.0 Å². The first-order valence-electron chi connectivity index (χ1n) is 7.90.